The van der Waals surface area contributed by atoms with Crippen molar-refractivity contribution < 1.29 is 14.3 Å². The molecule has 3 rings (SSSR count). The quantitative estimate of drug-likeness (QED) is 0.870. The second kappa shape index (κ2) is 8.04. The molecule has 1 aliphatic heterocycles. The van der Waals surface area contributed by atoms with Crippen LogP contribution in [0.4, 0.5) is 5.69 Å². The van der Waals surface area contributed by atoms with Crippen molar-refractivity contribution in [2.75, 3.05) is 18.6 Å². The van der Waals surface area contributed by atoms with Gasteiger partial charge in [0.15, 0.2) is 0 Å². The van der Waals surface area contributed by atoms with Crippen LogP contribution in [0.25, 0.3) is 0 Å². The summed E-state index contributed by atoms with van der Waals surface area (Å²) in [5.74, 6) is 0.879. The topological polar surface area (TPSA) is 58.6 Å². The summed E-state index contributed by atoms with van der Waals surface area (Å²) in [5.41, 5.74) is 4.15. The first-order valence-corrected chi connectivity index (χ1v) is 8.92. The summed E-state index contributed by atoms with van der Waals surface area (Å²) in [4.78, 5) is 26.0. The molecule has 0 atom stereocenters. The molecule has 0 aliphatic carbocycles. The minimum atomic E-state index is -0.0264. The number of fused-ring (bicyclic) bond motifs is 1. The zero-order valence-corrected chi connectivity index (χ0v) is 15.2. The number of carbonyl (C=O) groups is 2. The van der Waals surface area contributed by atoms with Gasteiger partial charge in [0.05, 0.1) is 13.5 Å². The molecule has 2 amide bonds. The van der Waals surface area contributed by atoms with Crippen molar-refractivity contribution in [2.24, 2.45) is 0 Å². The monoisotopic (exact) mass is 352 g/mol. The smallest absolute Gasteiger partial charge is 0.226 e. The highest BCUT2D eigenvalue weighted by Crippen LogP contribution is 2.29. The maximum Gasteiger partial charge on any atom is 0.226 e. The van der Waals surface area contributed by atoms with Crippen LogP contribution in [0, 0.1) is 0 Å². The lowest BCUT2D eigenvalue weighted by atomic mass is 10.1. The molecule has 5 nitrogen and oxygen atoms in total. The lowest BCUT2D eigenvalue weighted by molar-refractivity contribution is -0.120. The number of carbonyl (C=O) groups excluding carboxylic acids is 2. The van der Waals surface area contributed by atoms with Crippen LogP contribution >= 0.6 is 0 Å². The van der Waals surface area contributed by atoms with Crippen molar-refractivity contribution in [1.82, 2.24) is 5.32 Å². The van der Waals surface area contributed by atoms with E-state index < -0.39 is 0 Å². The number of rotatable bonds is 6. The van der Waals surface area contributed by atoms with Crippen LogP contribution in [0.5, 0.6) is 5.75 Å². The van der Waals surface area contributed by atoms with E-state index in [0.717, 1.165) is 35.5 Å². The van der Waals surface area contributed by atoms with Gasteiger partial charge in [-0.1, -0.05) is 31.2 Å². The lowest BCUT2D eigenvalue weighted by Gasteiger charge is -2.16. The van der Waals surface area contributed by atoms with Crippen molar-refractivity contribution >= 4 is 17.5 Å². The van der Waals surface area contributed by atoms with Crippen molar-refractivity contribution in [2.45, 2.75) is 32.7 Å². The summed E-state index contributed by atoms with van der Waals surface area (Å²) < 4.78 is 5.18. The predicted molar refractivity (Wildman–Crippen MR) is 101 cm³/mol. The van der Waals surface area contributed by atoms with Crippen LogP contribution in [0.1, 0.15) is 30.0 Å². The Morgan fingerprint density at radius 3 is 2.77 bits per heavy atom. The minimum absolute atomic E-state index is 0.0264. The molecule has 0 saturated heterocycles. The molecule has 1 N–H and O–H groups in total. The van der Waals surface area contributed by atoms with Crippen molar-refractivity contribution in [3.63, 3.8) is 0 Å². The van der Waals surface area contributed by atoms with Gasteiger partial charge in [-0.2, -0.15) is 0 Å². The highest BCUT2D eigenvalue weighted by molar-refractivity contribution is 5.95. The standard InChI is InChI=1S/C21H24N2O3/c1-3-21(25)23-10-9-17-11-16(7-8-19(17)23)14-22-20(24)13-15-5-4-6-18(12-15)26-2/h4-8,11-12H,3,9-10,13-14H2,1-2H3,(H,22,24). The van der Waals surface area contributed by atoms with Gasteiger partial charge in [0.1, 0.15) is 5.75 Å². The fourth-order valence-corrected chi connectivity index (χ4v) is 3.25. The molecule has 1 aliphatic rings. The first-order chi connectivity index (χ1) is 12.6. The van der Waals surface area contributed by atoms with Gasteiger partial charge in [0, 0.05) is 25.2 Å². The average Bonchev–Trinajstić information content (AvgIpc) is 3.09. The zero-order chi connectivity index (χ0) is 18.5. The van der Waals surface area contributed by atoms with Gasteiger partial charge in [-0.3, -0.25) is 9.59 Å². The number of hydrogen-bond donors (Lipinski definition) is 1. The number of amides is 2. The van der Waals surface area contributed by atoms with Gasteiger partial charge in [0.2, 0.25) is 11.8 Å². The summed E-state index contributed by atoms with van der Waals surface area (Å²) in [7, 11) is 1.61. The van der Waals surface area contributed by atoms with Gasteiger partial charge in [0.25, 0.3) is 0 Å². The van der Waals surface area contributed by atoms with Gasteiger partial charge >= 0.3 is 0 Å². The average molecular weight is 352 g/mol. The van der Waals surface area contributed by atoms with Crippen LogP contribution in [0.2, 0.25) is 0 Å². The summed E-state index contributed by atoms with van der Waals surface area (Å²) in [6.07, 6.45) is 1.70. The molecule has 2 aromatic carbocycles. The summed E-state index contributed by atoms with van der Waals surface area (Å²) in [5, 5.41) is 2.96. The second-order valence-corrected chi connectivity index (χ2v) is 6.42. The maximum absolute atomic E-state index is 12.2. The molecule has 2 aromatic rings. The molecule has 5 heteroatoms. The second-order valence-electron chi connectivity index (χ2n) is 6.42. The first kappa shape index (κ1) is 18.0. The number of anilines is 1. The molecule has 26 heavy (non-hydrogen) atoms. The Morgan fingerprint density at radius 2 is 2.00 bits per heavy atom. The minimum Gasteiger partial charge on any atom is -0.497 e. The Morgan fingerprint density at radius 1 is 1.15 bits per heavy atom. The molecular weight excluding hydrogens is 328 g/mol. The van der Waals surface area contributed by atoms with Gasteiger partial charge in [-0.15, -0.1) is 0 Å². The molecule has 0 spiro atoms. The first-order valence-electron chi connectivity index (χ1n) is 8.92. The van der Waals surface area contributed by atoms with Crippen LogP contribution in [-0.4, -0.2) is 25.5 Å². The Bertz CT molecular complexity index is 817. The SMILES string of the molecule is CCC(=O)N1CCc2cc(CNC(=O)Cc3cccc(OC)c3)ccc21. The highest BCUT2D eigenvalue weighted by atomic mass is 16.5. The number of ether oxygens (including phenoxy) is 1. The fraction of sp³-hybridized carbons (Fsp3) is 0.333. The third-order valence-corrected chi connectivity index (χ3v) is 4.63. The fourth-order valence-electron chi connectivity index (χ4n) is 3.25. The molecule has 1 heterocycles. The Kier molecular flexibility index (Phi) is 5.56. The molecule has 0 aromatic heterocycles. The van der Waals surface area contributed by atoms with Crippen molar-refractivity contribution in [1.29, 1.82) is 0 Å². The van der Waals surface area contributed by atoms with Crippen LogP contribution < -0.4 is 15.0 Å². The van der Waals surface area contributed by atoms with E-state index in [1.165, 1.54) is 5.56 Å². The summed E-state index contributed by atoms with van der Waals surface area (Å²) in [6, 6.07) is 13.6. The Labute approximate surface area is 154 Å². The summed E-state index contributed by atoms with van der Waals surface area (Å²) in [6.45, 7) is 3.11. The molecule has 0 bridgehead atoms. The van der Waals surface area contributed by atoms with E-state index >= 15 is 0 Å². The van der Waals surface area contributed by atoms with Crippen LogP contribution in [-0.2, 0) is 29.0 Å². The Hall–Kier alpha value is -2.82. The van der Waals surface area contributed by atoms with E-state index in [9.17, 15) is 9.59 Å². The number of methoxy groups -OCH3 is 1. The number of benzene rings is 2. The normalized spacial score (nSPS) is 12.6. The third-order valence-electron chi connectivity index (χ3n) is 4.63. The zero-order valence-electron chi connectivity index (χ0n) is 15.2. The van der Waals surface area contributed by atoms with E-state index in [2.05, 4.69) is 11.4 Å². The summed E-state index contributed by atoms with van der Waals surface area (Å²) >= 11 is 0. The van der Waals surface area contributed by atoms with Gasteiger partial charge in [-0.25, -0.2) is 0 Å². The van der Waals surface area contributed by atoms with E-state index in [1.807, 2.05) is 48.2 Å². The largest absolute Gasteiger partial charge is 0.497 e. The molecule has 0 radical (unpaired) electrons. The third kappa shape index (κ3) is 4.04. The lowest BCUT2D eigenvalue weighted by Crippen LogP contribution is -2.27. The molecule has 0 fully saturated rings. The van der Waals surface area contributed by atoms with Crippen molar-refractivity contribution in [3.8, 4) is 5.75 Å². The van der Waals surface area contributed by atoms with Crippen LogP contribution in [0.3, 0.4) is 0 Å². The molecule has 0 saturated carbocycles. The maximum atomic E-state index is 12.2. The van der Waals surface area contributed by atoms with E-state index in [4.69, 9.17) is 4.74 Å². The highest BCUT2D eigenvalue weighted by Gasteiger charge is 2.23. The van der Waals surface area contributed by atoms with Gasteiger partial charge < -0.3 is 15.0 Å². The van der Waals surface area contributed by atoms with E-state index in [-0.39, 0.29) is 11.8 Å². The molecular formula is C21H24N2O3. The molecule has 136 valence electrons. The van der Waals surface area contributed by atoms with E-state index in [0.29, 0.717) is 19.4 Å². The van der Waals surface area contributed by atoms with E-state index in [1.54, 1.807) is 7.11 Å². The number of nitrogens with one attached hydrogen (secondary N) is 1. The van der Waals surface area contributed by atoms with Crippen LogP contribution in [0.15, 0.2) is 42.5 Å². The molecule has 0 unspecified atom stereocenters. The van der Waals surface area contributed by atoms with Crippen molar-refractivity contribution in [3.05, 3.63) is 59.2 Å². The predicted octanol–water partition coefficient (Wildman–Crippen LogP) is 2.85. The number of nitrogens with zero attached hydrogens (tertiary/aromatic N) is 1. The van der Waals surface area contributed by atoms with Gasteiger partial charge in [-0.05, 0) is 41.3 Å². The number of hydrogen-bond acceptors (Lipinski definition) is 3. The Balaban J connectivity index is 1.58.